The first-order valence-electron chi connectivity index (χ1n) is 6.56. The van der Waals surface area contributed by atoms with Gasteiger partial charge in [0.1, 0.15) is 11.8 Å². The van der Waals surface area contributed by atoms with Crippen molar-refractivity contribution in [3.8, 4) is 5.75 Å². The molecule has 2 N–H and O–H groups in total. The summed E-state index contributed by atoms with van der Waals surface area (Å²) in [6, 6.07) is 6.76. The van der Waals surface area contributed by atoms with E-state index >= 15 is 0 Å². The van der Waals surface area contributed by atoms with E-state index in [4.69, 9.17) is 4.74 Å². The zero-order valence-corrected chi connectivity index (χ0v) is 11.3. The number of amides is 1. The molecule has 0 saturated carbocycles. The van der Waals surface area contributed by atoms with Gasteiger partial charge >= 0.3 is 5.97 Å². The number of nitrogens with zero attached hydrogens (tertiary/aromatic N) is 1. The van der Waals surface area contributed by atoms with Crippen molar-refractivity contribution in [3.05, 3.63) is 29.8 Å². The molecule has 0 aliphatic carbocycles. The lowest BCUT2D eigenvalue weighted by Crippen LogP contribution is -2.56. The van der Waals surface area contributed by atoms with E-state index in [-0.39, 0.29) is 19.0 Å². The molecule has 1 fully saturated rings. The minimum atomic E-state index is -0.932. The molecule has 1 heterocycles. The van der Waals surface area contributed by atoms with Crippen LogP contribution in [-0.4, -0.2) is 47.6 Å². The van der Waals surface area contributed by atoms with Gasteiger partial charge in [0.05, 0.1) is 13.2 Å². The maximum atomic E-state index is 11.5. The monoisotopic (exact) mass is 278 g/mol. The highest BCUT2D eigenvalue weighted by atomic mass is 16.5. The second kappa shape index (κ2) is 6.38. The predicted molar refractivity (Wildman–Crippen MR) is 72.5 cm³/mol. The Labute approximate surface area is 117 Å². The molecular weight excluding hydrogens is 260 g/mol. The standard InChI is InChI=1S/C14H18N2O4/c1-2-20-12-6-4-3-5-10(12)8-16-9-13(17)15-7-11(16)14(18)19/h3-6,11H,2,7-9H2,1H3,(H,15,17)(H,18,19). The molecule has 0 spiro atoms. The van der Waals surface area contributed by atoms with Crippen molar-refractivity contribution in [2.45, 2.75) is 19.5 Å². The predicted octanol–water partition coefficient (Wildman–Crippen LogP) is 0.470. The van der Waals surface area contributed by atoms with Gasteiger partial charge in [0.2, 0.25) is 5.91 Å². The largest absolute Gasteiger partial charge is 0.494 e. The number of carboxylic acid groups (broad SMARTS) is 1. The van der Waals surface area contributed by atoms with E-state index in [1.807, 2.05) is 31.2 Å². The van der Waals surface area contributed by atoms with E-state index in [0.29, 0.717) is 13.2 Å². The fraction of sp³-hybridized carbons (Fsp3) is 0.429. The van der Waals surface area contributed by atoms with E-state index in [0.717, 1.165) is 11.3 Å². The Morgan fingerprint density at radius 3 is 2.95 bits per heavy atom. The van der Waals surface area contributed by atoms with Crippen molar-refractivity contribution < 1.29 is 19.4 Å². The lowest BCUT2D eigenvalue weighted by atomic mass is 10.1. The third kappa shape index (κ3) is 3.27. The van der Waals surface area contributed by atoms with Gasteiger partial charge < -0.3 is 15.2 Å². The van der Waals surface area contributed by atoms with Crippen LogP contribution in [0.2, 0.25) is 0 Å². The molecule has 1 aromatic carbocycles. The third-order valence-corrected chi connectivity index (χ3v) is 3.21. The van der Waals surface area contributed by atoms with Crippen LogP contribution in [0.5, 0.6) is 5.75 Å². The lowest BCUT2D eigenvalue weighted by molar-refractivity contribution is -0.146. The Morgan fingerprint density at radius 1 is 1.50 bits per heavy atom. The highest BCUT2D eigenvalue weighted by Gasteiger charge is 2.32. The smallest absolute Gasteiger partial charge is 0.322 e. The van der Waals surface area contributed by atoms with Crippen LogP contribution in [0.4, 0.5) is 0 Å². The van der Waals surface area contributed by atoms with Crippen molar-refractivity contribution >= 4 is 11.9 Å². The number of carbonyl (C=O) groups excluding carboxylic acids is 1. The first-order chi connectivity index (χ1) is 9.61. The van der Waals surface area contributed by atoms with Crippen molar-refractivity contribution in [3.63, 3.8) is 0 Å². The summed E-state index contributed by atoms with van der Waals surface area (Å²) in [5, 5.41) is 11.8. The molecule has 1 amide bonds. The fourth-order valence-corrected chi connectivity index (χ4v) is 2.25. The summed E-state index contributed by atoms with van der Waals surface area (Å²) >= 11 is 0. The maximum Gasteiger partial charge on any atom is 0.322 e. The zero-order valence-electron chi connectivity index (χ0n) is 11.3. The highest BCUT2D eigenvalue weighted by molar-refractivity contribution is 5.83. The number of piperazine rings is 1. The van der Waals surface area contributed by atoms with Crippen molar-refractivity contribution in [1.29, 1.82) is 0 Å². The van der Waals surface area contributed by atoms with Crippen LogP contribution in [-0.2, 0) is 16.1 Å². The number of ether oxygens (including phenoxy) is 1. The van der Waals surface area contributed by atoms with Gasteiger partial charge in [-0.25, -0.2) is 0 Å². The van der Waals surface area contributed by atoms with Crippen molar-refractivity contribution in [2.24, 2.45) is 0 Å². The zero-order chi connectivity index (χ0) is 14.5. The van der Waals surface area contributed by atoms with Gasteiger partial charge in [-0.2, -0.15) is 0 Å². The highest BCUT2D eigenvalue weighted by Crippen LogP contribution is 2.21. The summed E-state index contributed by atoms with van der Waals surface area (Å²) in [5.41, 5.74) is 0.885. The Bertz CT molecular complexity index is 504. The maximum absolute atomic E-state index is 11.5. The molecule has 1 aliphatic heterocycles. The third-order valence-electron chi connectivity index (χ3n) is 3.21. The van der Waals surface area contributed by atoms with Gasteiger partial charge in [0.15, 0.2) is 0 Å². The van der Waals surface area contributed by atoms with Crippen LogP contribution in [0.25, 0.3) is 0 Å². The molecule has 1 unspecified atom stereocenters. The summed E-state index contributed by atoms with van der Waals surface area (Å²) in [7, 11) is 0. The minimum absolute atomic E-state index is 0.0808. The quantitative estimate of drug-likeness (QED) is 0.818. The summed E-state index contributed by atoms with van der Waals surface area (Å²) < 4.78 is 5.53. The first-order valence-corrected chi connectivity index (χ1v) is 6.56. The number of aliphatic carboxylic acids is 1. The molecule has 2 rings (SSSR count). The molecule has 6 nitrogen and oxygen atoms in total. The van der Waals surface area contributed by atoms with Crippen LogP contribution >= 0.6 is 0 Å². The molecule has 1 aliphatic rings. The first kappa shape index (κ1) is 14.3. The van der Waals surface area contributed by atoms with E-state index < -0.39 is 12.0 Å². The number of nitrogens with one attached hydrogen (secondary N) is 1. The number of carbonyl (C=O) groups is 2. The van der Waals surface area contributed by atoms with Crippen LogP contribution in [0.15, 0.2) is 24.3 Å². The molecule has 0 aromatic heterocycles. The molecule has 1 aromatic rings. The van der Waals surface area contributed by atoms with E-state index in [2.05, 4.69) is 5.32 Å². The van der Waals surface area contributed by atoms with Gasteiger partial charge in [-0.1, -0.05) is 18.2 Å². The Kier molecular flexibility index (Phi) is 4.57. The van der Waals surface area contributed by atoms with Crippen LogP contribution in [0, 0.1) is 0 Å². The van der Waals surface area contributed by atoms with Gasteiger partial charge in [0, 0.05) is 18.7 Å². The van der Waals surface area contributed by atoms with E-state index in [1.54, 1.807) is 4.90 Å². The number of carboxylic acids is 1. The summed E-state index contributed by atoms with van der Waals surface area (Å²) in [4.78, 5) is 24.4. The summed E-state index contributed by atoms with van der Waals surface area (Å²) in [6.45, 7) is 3.02. The molecule has 0 radical (unpaired) electrons. The van der Waals surface area contributed by atoms with Gasteiger partial charge in [-0.15, -0.1) is 0 Å². The number of benzene rings is 1. The second-order valence-electron chi connectivity index (χ2n) is 4.60. The molecule has 1 saturated heterocycles. The molecule has 6 heteroatoms. The fourth-order valence-electron chi connectivity index (χ4n) is 2.25. The topological polar surface area (TPSA) is 78.9 Å². The van der Waals surface area contributed by atoms with Crippen LogP contribution in [0.1, 0.15) is 12.5 Å². The molecule has 1 atom stereocenters. The molecule has 20 heavy (non-hydrogen) atoms. The Morgan fingerprint density at radius 2 is 2.25 bits per heavy atom. The second-order valence-corrected chi connectivity index (χ2v) is 4.60. The number of hydrogen-bond acceptors (Lipinski definition) is 4. The van der Waals surface area contributed by atoms with Gasteiger partial charge in [-0.05, 0) is 13.0 Å². The SMILES string of the molecule is CCOc1ccccc1CN1CC(=O)NCC1C(=O)O. The average molecular weight is 278 g/mol. The van der Waals surface area contributed by atoms with E-state index in [1.165, 1.54) is 0 Å². The Hall–Kier alpha value is -2.08. The number of hydrogen-bond donors (Lipinski definition) is 2. The average Bonchev–Trinajstić information content (AvgIpc) is 2.41. The number of rotatable bonds is 5. The molecule has 108 valence electrons. The van der Waals surface area contributed by atoms with Gasteiger partial charge in [-0.3, -0.25) is 14.5 Å². The van der Waals surface area contributed by atoms with E-state index in [9.17, 15) is 14.7 Å². The van der Waals surface area contributed by atoms with Crippen molar-refractivity contribution in [2.75, 3.05) is 19.7 Å². The minimum Gasteiger partial charge on any atom is -0.494 e. The van der Waals surface area contributed by atoms with Crippen LogP contribution < -0.4 is 10.1 Å². The number of para-hydroxylation sites is 1. The molecular formula is C14H18N2O4. The van der Waals surface area contributed by atoms with Gasteiger partial charge in [0.25, 0.3) is 0 Å². The van der Waals surface area contributed by atoms with Crippen LogP contribution in [0.3, 0.4) is 0 Å². The lowest BCUT2D eigenvalue weighted by Gasteiger charge is -2.32. The summed E-state index contributed by atoms with van der Waals surface area (Å²) in [5.74, 6) is -0.361. The normalized spacial score (nSPS) is 19.4. The van der Waals surface area contributed by atoms with Crippen molar-refractivity contribution in [1.82, 2.24) is 10.2 Å². The summed E-state index contributed by atoms with van der Waals surface area (Å²) in [6.07, 6.45) is 0. The molecule has 0 bridgehead atoms. The Balaban J connectivity index is 2.17.